The second kappa shape index (κ2) is 6.93. The van der Waals surface area contributed by atoms with Crippen LogP contribution in [-0.2, 0) is 16.1 Å². The van der Waals surface area contributed by atoms with Crippen LogP contribution in [0.2, 0.25) is 0 Å². The summed E-state index contributed by atoms with van der Waals surface area (Å²) in [6, 6.07) is 1.03. The van der Waals surface area contributed by atoms with Crippen LogP contribution < -0.4 is 5.32 Å². The van der Waals surface area contributed by atoms with E-state index in [4.69, 9.17) is 0 Å². The quantitative estimate of drug-likeness (QED) is 0.620. The molecule has 0 saturated heterocycles. The highest BCUT2D eigenvalue weighted by Gasteiger charge is 2.68. The Labute approximate surface area is 139 Å². The van der Waals surface area contributed by atoms with Gasteiger partial charge in [0.25, 0.3) is 6.43 Å². The second-order valence-electron chi connectivity index (χ2n) is 5.56. The van der Waals surface area contributed by atoms with Crippen LogP contribution in [0.1, 0.15) is 47.8 Å². The first-order valence-electron chi connectivity index (χ1n) is 7.41. The minimum absolute atomic E-state index is 0.0451. The fourth-order valence-electron chi connectivity index (χ4n) is 2.28. The van der Waals surface area contributed by atoms with E-state index in [0.29, 0.717) is 0 Å². The van der Waals surface area contributed by atoms with Crippen molar-refractivity contribution in [3.05, 3.63) is 29.1 Å². The van der Waals surface area contributed by atoms with Gasteiger partial charge in [-0.15, -0.1) is 0 Å². The number of nitrogens with zero attached hydrogens (tertiary/aromatic N) is 1. The number of esters is 1. The summed E-state index contributed by atoms with van der Waals surface area (Å²) in [7, 11) is 0. The lowest BCUT2D eigenvalue weighted by Crippen LogP contribution is -2.40. The van der Waals surface area contributed by atoms with Gasteiger partial charge in [0.15, 0.2) is 0 Å². The maximum atomic E-state index is 12.9. The number of halogens is 5. The van der Waals surface area contributed by atoms with Gasteiger partial charge in [-0.1, -0.05) is 0 Å². The zero-order valence-corrected chi connectivity index (χ0v) is 13.1. The third-order valence-electron chi connectivity index (χ3n) is 3.86. The van der Waals surface area contributed by atoms with Gasteiger partial charge in [-0.3, -0.25) is 9.78 Å². The molecule has 0 radical (unpaired) electrons. The molecule has 1 saturated carbocycles. The van der Waals surface area contributed by atoms with Gasteiger partial charge >= 0.3 is 12.1 Å². The standard InChI is InChI=1S/C15H15F5N2O3/c1-2-25-12(23)9-5-8(6-21-10(9)11(16)17)7-22-13(24)14(3-4-14)15(18,19)20/h5-6,11H,2-4,7H2,1H3,(H,22,24). The predicted molar refractivity (Wildman–Crippen MR) is 74.7 cm³/mol. The number of nitrogens with one attached hydrogen (secondary N) is 1. The first-order chi connectivity index (χ1) is 11.6. The molecule has 0 aromatic carbocycles. The maximum absolute atomic E-state index is 12.9. The smallest absolute Gasteiger partial charge is 0.403 e. The topological polar surface area (TPSA) is 68.3 Å². The predicted octanol–water partition coefficient (Wildman–Crippen LogP) is 3.15. The fourth-order valence-corrected chi connectivity index (χ4v) is 2.28. The molecule has 2 rings (SSSR count). The molecule has 1 N–H and O–H groups in total. The zero-order valence-electron chi connectivity index (χ0n) is 13.1. The van der Waals surface area contributed by atoms with Crippen molar-refractivity contribution in [2.45, 2.75) is 38.9 Å². The minimum atomic E-state index is -4.65. The van der Waals surface area contributed by atoms with Crippen molar-refractivity contribution in [1.82, 2.24) is 10.3 Å². The molecule has 1 aromatic rings. The average Bonchev–Trinajstić information content (AvgIpc) is 3.34. The molecule has 1 aliphatic rings. The van der Waals surface area contributed by atoms with E-state index in [1.807, 2.05) is 0 Å². The van der Waals surface area contributed by atoms with E-state index in [9.17, 15) is 31.5 Å². The number of hydrogen-bond acceptors (Lipinski definition) is 4. The summed E-state index contributed by atoms with van der Waals surface area (Å²) in [5, 5.41) is 2.12. The van der Waals surface area contributed by atoms with Gasteiger partial charge in [0.05, 0.1) is 12.2 Å². The highest BCUT2D eigenvalue weighted by atomic mass is 19.4. The normalized spacial score (nSPS) is 15.8. The molecular formula is C15H15F5N2O3. The number of ether oxygens (including phenoxy) is 1. The number of pyridine rings is 1. The number of amides is 1. The highest BCUT2D eigenvalue weighted by molar-refractivity contribution is 5.91. The molecule has 0 atom stereocenters. The first kappa shape index (κ1) is 19.1. The van der Waals surface area contributed by atoms with Crippen molar-refractivity contribution < 1.29 is 36.3 Å². The molecule has 1 aromatic heterocycles. The molecule has 1 aliphatic carbocycles. The maximum Gasteiger partial charge on any atom is 0.403 e. The Balaban J connectivity index is 2.14. The highest BCUT2D eigenvalue weighted by Crippen LogP contribution is 2.57. The van der Waals surface area contributed by atoms with Crippen LogP contribution in [0.15, 0.2) is 12.3 Å². The number of carbonyl (C=O) groups excluding carboxylic acids is 2. The van der Waals surface area contributed by atoms with Crippen molar-refractivity contribution >= 4 is 11.9 Å². The van der Waals surface area contributed by atoms with Crippen LogP contribution in [-0.4, -0.2) is 29.6 Å². The molecule has 0 bridgehead atoms. The molecule has 10 heteroatoms. The lowest BCUT2D eigenvalue weighted by molar-refractivity contribution is -0.192. The van der Waals surface area contributed by atoms with Crippen molar-refractivity contribution in [3.8, 4) is 0 Å². The van der Waals surface area contributed by atoms with Gasteiger partial charge in [0.2, 0.25) is 5.91 Å². The van der Waals surface area contributed by atoms with Crippen molar-refractivity contribution in [2.75, 3.05) is 6.61 Å². The summed E-state index contributed by atoms with van der Waals surface area (Å²) in [6.07, 6.45) is -7.29. The Morgan fingerprint density at radius 3 is 2.48 bits per heavy atom. The van der Waals surface area contributed by atoms with Gasteiger partial charge in [-0.2, -0.15) is 13.2 Å². The Morgan fingerprint density at radius 2 is 2.00 bits per heavy atom. The van der Waals surface area contributed by atoms with Gasteiger partial charge < -0.3 is 10.1 Å². The van der Waals surface area contributed by atoms with E-state index in [2.05, 4.69) is 15.0 Å². The summed E-state index contributed by atoms with van der Waals surface area (Å²) in [5.41, 5.74) is -3.55. The van der Waals surface area contributed by atoms with E-state index in [0.717, 1.165) is 12.3 Å². The molecule has 1 heterocycles. The summed E-state index contributed by atoms with van der Waals surface area (Å²) in [4.78, 5) is 27.0. The molecular weight excluding hydrogens is 351 g/mol. The Kier molecular flexibility index (Phi) is 5.28. The molecule has 0 unspecified atom stereocenters. The van der Waals surface area contributed by atoms with Crippen LogP contribution >= 0.6 is 0 Å². The molecule has 1 amide bonds. The van der Waals surface area contributed by atoms with Crippen LogP contribution in [0.5, 0.6) is 0 Å². The van der Waals surface area contributed by atoms with Crippen LogP contribution in [0.3, 0.4) is 0 Å². The van der Waals surface area contributed by atoms with Gasteiger partial charge in [0, 0.05) is 12.7 Å². The third kappa shape index (κ3) is 3.88. The van der Waals surface area contributed by atoms with Crippen LogP contribution in [0.25, 0.3) is 0 Å². The Morgan fingerprint density at radius 1 is 1.36 bits per heavy atom. The molecule has 25 heavy (non-hydrogen) atoms. The Hall–Kier alpha value is -2.26. The number of aromatic nitrogens is 1. The van der Waals surface area contributed by atoms with Gasteiger partial charge in [-0.25, -0.2) is 13.6 Å². The molecule has 1 fully saturated rings. The van der Waals surface area contributed by atoms with Gasteiger partial charge in [-0.05, 0) is 31.4 Å². The monoisotopic (exact) mass is 366 g/mol. The van der Waals surface area contributed by atoms with Crippen molar-refractivity contribution in [2.24, 2.45) is 5.41 Å². The van der Waals surface area contributed by atoms with Gasteiger partial charge in [0.1, 0.15) is 11.1 Å². The summed E-state index contributed by atoms with van der Waals surface area (Å²) in [6.45, 7) is 1.07. The SMILES string of the molecule is CCOC(=O)c1cc(CNC(=O)C2(C(F)(F)F)CC2)cnc1C(F)F. The number of hydrogen-bond donors (Lipinski definition) is 1. The number of rotatable bonds is 6. The average molecular weight is 366 g/mol. The minimum Gasteiger partial charge on any atom is -0.462 e. The molecule has 138 valence electrons. The summed E-state index contributed by atoms with van der Waals surface area (Å²) < 4.78 is 69.0. The summed E-state index contributed by atoms with van der Waals surface area (Å²) in [5.74, 6) is -2.21. The largest absolute Gasteiger partial charge is 0.462 e. The fraction of sp³-hybridized carbons (Fsp3) is 0.533. The van der Waals surface area contributed by atoms with E-state index in [-0.39, 0.29) is 31.6 Å². The Bertz CT molecular complexity index is 672. The van der Waals surface area contributed by atoms with Crippen molar-refractivity contribution in [3.63, 3.8) is 0 Å². The van der Waals surface area contributed by atoms with Crippen LogP contribution in [0.4, 0.5) is 22.0 Å². The first-order valence-corrected chi connectivity index (χ1v) is 7.41. The number of carbonyl (C=O) groups is 2. The van der Waals surface area contributed by atoms with E-state index < -0.39 is 41.2 Å². The lowest BCUT2D eigenvalue weighted by Gasteiger charge is -2.18. The van der Waals surface area contributed by atoms with E-state index in [1.165, 1.54) is 6.92 Å². The third-order valence-corrected chi connectivity index (χ3v) is 3.86. The van der Waals surface area contributed by atoms with Crippen molar-refractivity contribution in [1.29, 1.82) is 0 Å². The van der Waals surface area contributed by atoms with E-state index >= 15 is 0 Å². The molecule has 0 spiro atoms. The van der Waals surface area contributed by atoms with Crippen LogP contribution in [0, 0.1) is 5.41 Å². The van der Waals surface area contributed by atoms with E-state index in [1.54, 1.807) is 0 Å². The molecule has 0 aliphatic heterocycles. The number of alkyl halides is 5. The zero-order chi connectivity index (χ0) is 18.8. The lowest BCUT2D eigenvalue weighted by atomic mass is 10.1. The summed E-state index contributed by atoms with van der Waals surface area (Å²) >= 11 is 0. The second-order valence-corrected chi connectivity index (χ2v) is 5.56. The molecule has 5 nitrogen and oxygen atoms in total.